The van der Waals surface area contributed by atoms with E-state index in [1.165, 1.54) is 11.1 Å². The second-order valence-electron chi connectivity index (χ2n) is 6.30. The van der Waals surface area contributed by atoms with Crippen LogP contribution in [0.15, 0.2) is 47.2 Å². The van der Waals surface area contributed by atoms with Crippen molar-refractivity contribution in [2.75, 3.05) is 19.7 Å². The summed E-state index contributed by atoms with van der Waals surface area (Å²) < 4.78 is 5.78. The van der Waals surface area contributed by atoms with Crippen LogP contribution in [0.3, 0.4) is 0 Å². The van der Waals surface area contributed by atoms with Crippen LogP contribution in [-0.2, 0) is 17.7 Å². The van der Waals surface area contributed by atoms with E-state index in [1.54, 1.807) is 11.3 Å². The monoisotopic (exact) mass is 331 g/mol. The summed E-state index contributed by atoms with van der Waals surface area (Å²) in [6.45, 7) is 3.35. The minimum atomic E-state index is -0.350. The number of aliphatic hydroxyl groups is 1. The Labute approximate surface area is 142 Å². The van der Waals surface area contributed by atoms with Crippen molar-refractivity contribution in [3.05, 3.63) is 58.3 Å². The molecule has 1 aromatic heterocycles. The lowest BCUT2D eigenvalue weighted by atomic mass is 10.1. The van der Waals surface area contributed by atoms with E-state index in [1.807, 2.05) is 18.2 Å². The summed E-state index contributed by atoms with van der Waals surface area (Å²) in [6.07, 6.45) is 2.96. The van der Waals surface area contributed by atoms with Crippen molar-refractivity contribution in [2.24, 2.45) is 0 Å². The van der Waals surface area contributed by atoms with Crippen molar-refractivity contribution in [1.82, 2.24) is 4.90 Å². The first kappa shape index (κ1) is 16.7. The van der Waals surface area contributed by atoms with Crippen LogP contribution in [-0.4, -0.2) is 41.9 Å². The van der Waals surface area contributed by atoms with E-state index < -0.39 is 0 Å². The number of hydrogen-bond acceptors (Lipinski definition) is 4. The third-order valence-corrected chi connectivity index (χ3v) is 4.99. The van der Waals surface area contributed by atoms with Gasteiger partial charge >= 0.3 is 0 Å². The summed E-state index contributed by atoms with van der Waals surface area (Å²) in [5.74, 6) is 0. The Morgan fingerprint density at radius 2 is 2.09 bits per heavy atom. The third-order valence-electron chi connectivity index (χ3n) is 4.26. The van der Waals surface area contributed by atoms with E-state index in [2.05, 4.69) is 33.9 Å². The van der Waals surface area contributed by atoms with Gasteiger partial charge in [-0.05, 0) is 47.2 Å². The van der Waals surface area contributed by atoms with Gasteiger partial charge < -0.3 is 9.84 Å². The van der Waals surface area contributed by atoms with Crippen molar-refractivity contribution in [3.8, 4) is 0 Å². The van der Waals surface area contributed by atoms with E-state index in [9.17, 15) is 5.11 Å². The van der Waals surface area contributed by atoms with Crippen molar-refractivity contribution in [2.45, 2.75) is 38.0 Å². The summed E-state index contributed by atoms with van der Waals surface area (Å²) in [7, 11) is 0. The average molecular weight is 331 g/mol. The number of thiophene rings is 1. The van der Waals surface area contributed by atoms with E-state index in [4.69, 9.17) is 4.74 Å². The Morgan fingerprint density at radius 1 is 1.22 bits per heavy atom. The lowest BCUT2D eigenvalue weighted by Gasteiger charge is -2.27. The molecule has 0 bridgehead atoms. The quantitative estimate of drug-likeness (QED) is 0.805. The Hall–Kier alpha value is -1.20. The van der Waals surface area contributed by atoms with E-state index >= 15 is 0 Å². The predicted octanol–water partition coefficient (Wildman–Crippen LogP) is 3.33. The Balaban J connectivity index is 1.57. The molecule has 23 heavy (non-hydrogen) atoms. The van der Waals surface area contributed by atoms with Gasteiger partial charge in [-0.3, -0.25) is 4.90 Å². The summed E-state index contributed by atoms with van der Waals surface area (Å²) in [5, 5.41) is 14.8. The molecule has 0 unspecified atom stereocenters. The molecule has 1 aromatic carbocycles. The Kier molecular flexibility index (Phi) is 6.22. The summed E-state index contributed by atoms with van der Waals surface area (Å²) in [4.78, 5) is 2.34. The molecule has 3 rings (SSSR count). The molecule has 1 saturated heterocycles. The largest absolute Gasteiger partial charge is 0.391 e. The molecule has 4 heteroatoms. The molecule has 1 fully saturated rings. The molecule has 0 saturated carbocycles. The number of rotatable bonds is 8. The van der Waals surface area contributed by atoms with Crippen LogP contribution < -0.4 is 0 Å². The molecule has 2 heterocycles. The van der Waals surface area contributed by atoms with Gasteiger partial charge in [0.1, 0.15) is 0 Å². The predicted molar refractivity (Wildman–Crippen MR) is 94.7 cm³/mol. The fraction of sp³-hybridized carbons (Fsp3) is 0.474. The van der Waals surface area contributed by atoms with Gasteiger partial charge in [-0.25, -0.2) is 0 Å². The zero-order chi connectivity index (χ0) is 15.9. The maximum Gasteiger partial charge on any atom is 0.0707 e. The Bertz CT molecular complexity index is 552. The fourth-order valence-electron chi connectivity index (χ4n) is 3.17. The molecule has 0 aliphatic carbocycles. The number of aliphatic hydroxyl groups excluding tert-OH is 1. The average Bonchev–Trinajstić information content (AvgIpc) is 3.22. The number of benzene rings is 1. The summed E-state index contributed by atoms with van der Waals surface area (Å²) in [5.41, 5.74) is 2.51. The second-order valence-corrected chi connectivity index (χ2v) is 7.08. The molecular weight excluding hydrogens is 306 g/mol. The van der Waals surface area contributed by atoms with Gasteiger partial charge in [0.25, 0.3) is 0 Å². The van der Waals surface area contributed by atoms with Crippen molar-refractivity contribution < 1.29 is 9.84 Å². The highest BCUT2D eigenvalue weighted by atomic mass is 32.1. The van der Waals surface area contributed by atoms with Crippen LogP contribution in [0.4, 0.5) is 0 Å². The molecule has 0 spiro atoms. The number of ether oxygens (including phenoxy) is 1. The van der Waals surface area contributed by atoms with E-state index in [-0.39, 0.29) is 6.10 Å². The molecule has 1 aliphatic rings. The second kappa shape index (κ2) is 8.60. The van der Waals surface area contributed by atoms with E-state index in [0.29, 0.717) is 19.1 Å². The fourth-order valence-corrected chi connectivity index (χ4v) is 3.83. The van der Waals surface area contributed by atoms with Crippen LogP contribution in [0.2, 0.25) is 0 Å². The highest BCUT2D eigenvalue weighted by Crippen LogP contribution is 2.17. The number of nitrogens with zero attached hydrogens (tertiary/aromatic N) is 1. The molecule has 0 amide bonds. The van der Waals surface area contributed by atoms with Gasteiger partial charge in [-0.1, -0.05) is 30.3 Å². The van der Waals surface area contributed by atoms with Crippen molar-refractivity contribution in [1.29, 1.82) is 0 Å². The SMILES string of the molecule is O[C@H](Cc1ccccc1)CN(Cc1ccsc1)C[C@@H]1CCCO1. The van der Waals surface area contributed by atoms with Crippen LogP contribution in [0.1, 0.15) is 24.0 Å². The molecule has 0 radical (unpaired) electrons. The van der Waals surface area contributed by atoms with Crippen LogP contribution >= 0.6 is 11.3 Å². The first-order valence-electron chi connectivity index (χ1n) is 8.36. The maximum atomic E-state index is 10.5. The number of hydrogen-bond donors (Lipinski definition) is 1. The van der Waals surface area contributed by atoms with Crippen LogP contribution in [0, 0.1) is 0 Å². The zero-order valence-corrected chi connectivity index (χ0v) is 14.3. The first-order chi connectivity index (χ1) is 11.3. The minimum Gasteiger partial charge on any atom is -0.391 e. The minimum absolute atomic E-state index is 0.317. The molecule has 1 aliphatic heterocycles. The Morgan fingerprint density at radius 3 is 2.78 bits per heavy atom. The third kappa shape index (κ3) is 5.43. The van der Waals surface area contributed by atoms with Gasteiger partial charge in [0.15, 0.2) is 0 Å². The molecule has 2 atom stereocenters. The molecule has 2 aromatic rings. The van der Waals surface area contributed by atoms with Crippen molar-refractivity contribution in [3.63, 3.8) is 0 Å². The first-order valence-corrected chi connectivity index (χ1v) is 9.31. The summed E-state index contributed by atoms with van der Waals surface area (Å²) in [6, 6.07) is 12.4. The normalized spacial score (nSPS) is 19.3. The highest BCUT2D eigenvalue weighted by Gasteiger charge is 2.21. The zero-order valence-electron chi connectivity index (χ0n) is 13.4. The summed E-state index contributed by atoms with van der Waals surface area (Å²) >= 11 is 1.73. The molecular formula is C19H25NO2S. The molecule has 1 N–H and O–H groups in total. The van der Waals surface area contributed by atoms with Gasteiger partial charge in [-0.15, -0.1) is 0 Å². The maximum absolute atomic E-state index is 10.5. The lowest BCUT2D eigenvalue weighted by molar-refractivity contribution is 0.0465. The van der Waals surface area contributed by atoms with Gasteiger partial charge in [0, 0.05) is 26.2 Å². The van der Waals surface area contributed by atoms with Gasteiger partial charge in [0.05, 0.1) is 12.2 Å². The molecule has 3 nitrogen and oxygen atoms in total. The van der Waals surface area contributed by atoms with E-state index in [0.717, 1.165) is 32.5 Å². The van der Waals surface area contributed by atoms with Gasteiger partial charge in [0.2, 0.25) is 0 Å². The standard InChI is InChI=1S/C19H25NO2S/c21-18(11-16-5-2-1-3-6-16)13-20(12-17-8-10-23-15-17)14-19-7-4-9-22-19/h1-3,5-6,8,10,15,18-19,21H,4,7,9,11-14H2/t18-,19+/m1/s1. The smallest absolute Gasteiger partial charge is 0.0707 e. The van der Waals surface area contributed by atoms with Crippen molar-refractivity contribution >= 4 is 11.3 Å². The highest BCUT2D eigenvalue weighted by molar-refractivity contribution is 7.07. The van der Waals surface area contributed by atoms with Gasteiger partial charge in [-0.2, -0.15) is 11.3 Å². The topological polar surface area (TPSA) is 32.7 Å². The lowest BCUT2D eigenvalue weighted by Crippen LogP contribution is -2.38. The van der Waals surface area contributed by atoms with Crippen LogP contribution in [0.5, 0.6) is 0 Å². The molecule has 124 valence electrons. The van der Waals surface area contributed by atoms with Crippen LogP contribution in [0.25, 0.3) is 0 Å².